The van der Waals surface area contributed by atoms with Gasteiger partial charge in [-0.2, -0.15) is 0 Å². The normalized spacial score (nSPS) is 11.6. The van der Waals surface area contributed by atoms with E-state index >= 15 is 0 Å². The maximum absolute atomic E-state index is 12.6. The molecule has 2 heterocycles. The molecule has 2 aromatic carbocycles. The Kier molecular flexibility index (Phi) is 10.7. The Morgan fingerprint density at radius 3 is 2.60 bits per heavy atom. The molecule has 0 saturated carbocycles. The van der Waals surface area contributed by atoms with E-state index in [2.05, 4.69) is 20.4 Å². The summed E-state index contributed by atoms with van der Waals surface area (Å²) in [6.07, 6.45) is 0.273. The molecule has 42 heavy (non-hydrogen) atoms. The first kappa shape index (κ1) is 30.8. The second-order valence-electron chi connectivity index (χ2n) is 9.30. The van der Waals surface area contributed by atoms with E-state index in [-0.39, 0.29) is 19.0 Å². The van der Waals surface area contributed by atoms with Crippen LogP contribution < -0.4 is 25.8 Å². The zero-order chi connectivity index (χ0) is 30.0. The number of hydrogen-bond donors (Lipinski definition) is 4. The fraction of sp³-hybridized carbons (Fsp3) is 0.345. The lowest BCUT2D eigenvalue weighted by Crippen LogP contribution is -2.19. The highest BCUT2D eigenvalue weighted by Crippen LogP contribution is 2.33. The second-order valence-corrected chi connectivity index (χ2v) is 9.30. The second kappa shape index (κ2) is 14.6. The molecule has 0 spiro atoms. The number of carbonyl (C=O) groups excluding carboxylic acids is 1. The minimum Gasteiger partial charge on any atom is -0.487 e. The van der Waals surface area contributed by atoms with Crippen LogP contribution >= 0.6 is 0 Å². The molecule has 0 unspecified atom stereocenters. The van der Waals surface area contributed by atoms with Crippen molar-refractivity contribution in [2.24, 2.45) is 5.73 Å². The molecule has 13 heteroatoms. The molecule has 1 amide bonds. The van der Waals surface area contributed by atoms with Gasteiger partial charge in [-0.25, -0.2) is 4.98 Å². The van der Waals surface area contributed by atoms with Crippen LogP contribution in [0, 0.1) is 0 Å². The van der Waals surface area contributed by atoms with Crippen LogP contribution in [0.1, 0.15) is 28.8 Å². The van der Waals surface area contributed by atoms with Crippen LogP contribution in [0.15, 0.2) is 54.9 Å². The number of nitrogens with one attached hydrogen (secondary N) is 2. The van der Waals surface area contributed by atoms with E-state index in [4.69, 9.17) is 25.3 Å². The number of fused-ring (bicyclic) bond motifs is 3. The first-order valence-corrected chi connectivity index (χ1v) is 13.4. The van der Waals surface area contributed by atoms with E-state index in [0.717, 1.165) is 34.6 Å². The predicted molar refractivity (Wildman–Crippen MR) is 152 cm³/mol. The molecule has 0 aliphatic carbocycles. The van der Waals surface area contributed by atoms with Crippen molar-refractivity contribution in [2.45, 2.75) is 25.7 Å². The molecule has 5 N–H and O–H groups in total. The Labute approximate surface area is 240 Å². The van der Waals surface area contributed by atoms with Gasteiger partial charge in [-0.15, -0.1) is 13.2 Å². The van der Waals surface area contributed by atoms with E-state index in [1.54, 1.807) is 24.5 Å². The van der Waals surface area contributed by atoms with Crippen LogP contribution in [0.3, 0.4) is 0 Å². The van der Waals surface area contributed by atoms with Crippen molar-refractivity contribution < 1.29 is 37.3 Å². The quantitative estimate of drug-likeness (QED) is 0.112. The Balaban J connectivity index is 1.18. The van der Waals surface area contributed by atoms with Gasteiger partial charge in [0.05, 0.1) is 18.7 Å². The molecule has 0 atom stereocenters. The highest BCUT2D eigenvalue weighted by Gasteiger charge is 2.32. The molecule has 2 aromatic heterocycles. The van der Waals surface area contributed by atoms with Gasteiger partial charge in [-0.05, 0) is 55.3 Å². The number of unbranched alkanes of at least 4 members (excludes halogenated alkanes) is 1. The third-order valence-electron chi connectivity index (χ3n) is 6.22. The van der Waals surface area contributed by atoms with Gasteiger partial charge in [0.1, 0.15) is 12.4 Å². The van der Waals surface area contributed by atoms with Crippen molar-refractivity contribution in [3.8, 4) is 11.5 Å². The lowest BCUT2D eigenvalue weighted by molar-refractivity contribution is -0.275. The van der Waals surface area contributed by atoms with Crippen LogP contribution in [-0.4, -0.2) is 66.9 Å². The van der Waals surface area contributed by atoms with E-state index < -0.39 is 18.0 Å². The highest BCUT2D eigenvalue weighted by molar-refractivity contribution is 6.11. The molecular weight excluding hydrogens is 555 g/mol. The van der Waals surface area contributed by atoms with Gasteiger partial charge in [0.15, 0.2) is 11.5 Å². The predicted octanol–water partition coefficient (Wildman–Crippen LogP) is 4.15. The van der Waals surface area contributed by atoms with Gasteiger partial charge in [-0.3, -0.25) is 9.78 Å². The molecule has 0 bridgehead atoms. The van der Waals surface area contributed by atoms with Gasteiger partial charge in [0, 0.05) is 53.8 Å². The lowest BCUT2D eigenvalue weighted by atomic mass is 10.1. The molecule has 0 radical (unpaired) electrons. The summed E-state index contributed by atoms with van der Waals surface area (Å²) in [7, 11) is 0. The number of carbonyl (C=O) groups is 1. The van der Waals surface area contributed by atoms with Crippen molar-refractivity contribution >= 4 is 33.4 Å². The third-order valence-corrected chi connectivity index (χ3v) is 6.22. The number of anilines is 1. The topological polar surface area (TPSA) is 141 Å². The van der Waals surface area contributed by atoms with Crippen molar-refractivity contribution in [3.63, 3.8) is 0 Å². The number of halogens is 3. The van der Waals surface area contributed by atoms with E-state index in [1.807, 2.05) is 12.1 Å². The molecule has 0 saturated heterocycles. The van der Waals surface area contributed by atoms with E-state index in [1.165, 1.54) is 18.2 Å². The Hall–Kier alpha value is -4.20. The zero-order valence-corrected chi connectivity index (χ0v) is 22.7. The number of alkyl halides is 3. The molecule has 0 aliphatic rings. The maximum atomic E-state index is 12.6. The average Bonchev–Trinajstić information content (AvgIpc) is 2.96. The number of primary amides is 1. The number of hydrogen-bond acceptors (Lipinski definition) is 9. The number of pyridine rings is 2. The van der Waals surface area contributed by atoms with Gasteiger partial charge in [0.2, 0.25) is 5.91 Å². The Morgan fingerprint density at radius 2 is 1.81 bits per heavy atom. The standard InChI is InChI=1S/C29H32F3N5O5/c30-29(31,32)42-25-6-3-19(15-26(25)41-14-11-38)17-34-8-1-2-12-40-13-10-36-28-22-7-9-35-18-23(22)21-5-4-20(27(33)39)16-24(21)37-28/h3-7,9,15-16,18,34,38H,1-2,8,10-14,17H2,(H2,33,39)(H,36,37). The zero-order valence-electron chi connectivity index (χ0n) is 22.7. The number of nitrogens with zero attached hydrogens (tertiary/aromatic N) is 2. The fourth-order valence-electron chi connectivity index (χ4n) is 4.31. The lowest BCUT2D eigenvalue weighted by Gasteiger charge is -2.15. The summed E-state index contributed by atoms with van der Waals surface area (Å²) < 4.78 is 52.8. The van der Waals surface area contributed by atoms with Crippen LogP contribution in [0.2, 0.25) is 0 Å². The number of amides is 1. The largest absolute Gasteiger partial charge is 0.573 e. The molecule has 4 aromatic rings. The van der Waals surface area contributed by atoms with Crippen LogP contribution in [0.5, 0.6) is 11.5 Å². The molecule has 224 valence electrons. The number of ether oxygens (including phenoxy) is 3. The van der Waals surface area contributed by atoms with Crippen LogP contribution in [0.4, 0.5) is 19.0 Å². The Bertz CT molecular complexity index is 1500. The molecule has 4 rings (SSSR count). The summed E-state index contributed by atoms with van der Waals surface area (Å²) in [6, 6.07) is 11.2. The number of aliphatic hydroxyl groups is 1. The van der Waals surface area contributed by atoms with Gasteiger partial charge in [-0.1, -0.05) is 12.1 Å². The first-order chi connectivity index (χ1) is 20.2. The van der Waals surface area contributed by atoms with Crippen LogP contribution in [-0.2, 0) is 11.3 Å². The third kappa shape index (κ3) is 8.65. The summed E-state index contributed by atoms with van der Waals surface area (Å²) >= 11 is 0. The number of aliphatic hydroxyl groups excluding tert-OH is 1. The van der Waals surface area contributed by atoms with E-state index in [9.17, 15) is 18.0 Å². The molecule has 0 fully saturated rings. The number of rotatable bonds is 16. The summed E-state index contributed by atoms with van der Waals surface area (Å²) in [5.74, 6) is -0.390. The molecule has 0 aliphatic heterocycles. The number of nitrogens with two attached hydrogens (primary N) is 1. The summed E-state index contributed by atoms with van der Waals surface area (Å²) in [5.41, 5.74) is 7.17. The first-order valence-electron chi connectivity index (χ1n) is 13.4. The van der Waals surface area contributed by atoms with Crippen molar-refractivity contribution in [3.05, 3.63) is 66.0 Å². The highest BCUT2D eigenvalue weighted by atomic mass is 19.4. The van der Waals surface area contributed by atoms with Crippen molar-refractivity contribution in [1.29, 1.82) is 0 Å². The smallest absolute Gasteiger partial charge is 0.487 e. The monoisotopic (exact) mass is 587 g/mol. The summed E-state index contributed by atoms with van der Waals surface area (Å²) in [5, 5.41) is 18.2. The van der Waals surface area contributed by atoms with Crippen molar-refractivity contribution in [1.82, 2.24) is 15.3 Å². The number of benzene rings is 2. The van der Waals surface area contributed by atoms with Gasteiger partial charge in [0.25, 0.3) is 0 Å². The van der Waals surface area contributed by atoms with Gasteiger partial charge >= 0.3 is 6.36 Å². The van der Waals surface area contributed by atoms with Crippen LogP contribution in [0.25, 0.3) is 21.7 Å². The maximum Gasteiger partial charge on any atom is 0.573 e. The van der Waals surface area contributed by atoms with E-state index in [0.29, 0.717) is 49.7 Å². The number of aromatic nitrogens is 2. The fourth-order valence-corrected chi connectivity index (χ4v) is 4.31. The van der Waals surface area contributed by atoms with Crippen molar-refractivity contribution in [2.75, 3.05) is 44.8 Å². The SMILES string of the molecule is NC(=O)c1ccc2c(c1)nc(NCCOCCCCNCc1ccc(OC(F)(F)F)c(OCCO)c1)c1ccncc12. The molecule has 10 nitrogen and oxygen atoms in total. The average molecular weight is 588 g/mol. The summed E-state index contributed by atoms with van der Waals surface area (Å²) in [6.45, 7) is 2.18. The minimum absolute atomic E-state index is 0.0818. The minimum atomic E-state index is -4.84. The molecular formula is C29H32F3N5O5. The Morgan fingerprint density at radius 1 is 0.952 bits per heavy atom. The summed E-state index contributed by atoms with van der Waals surface area (Å²) in [4.78, 5) is 20.5. The van der Waals surface area contributed by atoms with Gasteiger partial charge < -0.3 is 35.7 Å².